The molecule has 0 aromatic carbocycles. The molecule has 0 saturated heterocycles. The van der Waals surface area contributed by atoms with Gasteiger partial charge in [0.05, 0.1) is 12.9 Å². The van der Waals surface area contributed by atoms with E-state index in [1.54, 1.807) is 12.5 Å². The van der Waals surface area contributed by atoms with Crippen molar-refractivity contribution in [3.8, 4) is 0 Å². The van der Waals surface area contributed by atoms with Crippen LogP contribution in [0.2, 0.25) is 0 Å². The molecule has 8 nitrogen and oxygen atoms in total. The number of nitrogens with one attached hydrogen (secondary N) is 1. The average Bonchev–Trinajstić information content (AvgIpc) is 3.27. The van der Waals surface area contributed by atoms with Crippen molar-refractivity contribution in [3.05, 3.63) is 29.9 Å². The van der Waals surface area contributed by atoms with Gasteiger partial charge < -0.3 is 19.3 Å². The van der Waals surface area contributed by atoms with Crippen LogP contribution in [0.15, 0.2) is 17.0 Å². The van der Waals surface area contributed by atoms with E-state index in [9.17, 15) is 4.79 Å². The highest BCUT2D eigenvalue weighted by molar-refractivity contribution is 5.92. The third-order valence-corrected chi connectivity index (χ3v) is 4.59. The first-order chi connectivity index (χ1) is 11.9. The Labute approximate surface area is 147 Å². The standard InChI is InChI=1S/C17H26N6O2/c1-12(2)23-9-13(18-11-23)15(24)20-17(7-5-6-8-17)16-19-14(25-21-16)10-22(3)4/h9,11-12H,5-8,10H2,1-4H3,(H,20,24). The number of hydrogen-bond donors (Lipinski definition) is 1. The maximum absolute atomic E-state index is 12.7. The van der Waals surface area contributed by atoms with Crippen LogP contribution in [0.4, 0.5) is 0 Å². The van der Waals surface area contributed by atoms with Crippen LogP contribution in [0.3, 0.4) is 0 Å². The van der Waals surface area contributed by atoms with Crippen molar-refractivity contribution in [2.75, 3.05) is 14.1 Å². The van der Waals surface area contributed by atoms with Crippen molar-refractivity contribution >= 4 is 5.91 Å². The number of imidazole rings is 1. The number of carbonyl (C=O) groups excluding carboxylic acids is 1. The topological polar surface area (TPSA) is 89.1 Å². The third-order valence-electron chi connectivity index (χ3n) is 4.59. The van der Waals surface area contributed by atoms with Crippen LogP contribution in [0, 0.1) is 0 Å². The first kappa shape index (κ1) is 17.6. The molecule has 1 aliphatic carbocycles. The molecule has 1 amide bonds. The zero-order chi connectivity index (χ0) is 18.0. The summed E-state index contributed by atoms with van der Waals surface area (Å²) >= 11 is 0. The van der Waals surface area contributed by atoms with Crippen LogP contribution in [0.25, 0.3) is 0 Å². The van der Waals surface area contributed by atoms with Crippen molar-refractivity contribution in [1.82, 2.24) is 29.9 Å². The lowest BCUT2D eigenvalue weighted by atomic mass is 9.96. The molecule has 2 aromatic rings. The quantitative estimate of drug-likeness (QED) is 0.862. The van der Waals surface area contributed by atoms with E-state index >= 15 is 0 Å². The van der Waals surface area contributed by atoms with Gasteiger partial charge in [-0.05, 0) is 40.8 Å². The Morgan fingerprint density at radius 3 is 2.72 bits per heavy atom. The van der Waals surface area contributed by atoms with E-state index in [4.69, 9.17) is 4.52 Å². The van der Waals surface area contributed by atoms with E-state index in [-0.39, 0.29) is 11.9 Å². The lowest BCUT2D eigenvalue weighted by Crippen LogP contribution is -2.44. The van der Waals surface area contributed by atoms with Crippen molar-refractivity contribution in [3.63, 3.8) is 0 Å². The summed E-state index contributed by atoms with van der Waals surface area (Å²) in [5, 5.41) is 7.28. The summed E-state index contributed by atoms with van der Waals surface area (Å²) < 4.78 is 7.28. The summed E-state index contributed by atoms with van der Waals surface area (Å²) in [5.74, 6) is 0.934. The molecule has 8 heteroatoms. The van der Waals surface area contributed by atoms with Crippen LogP contribution in [0.1, 0.15) is 67.8 Å². The number of nitrogens with zero attached hydrogens (tertiary/aromatic N) is 5. The monoisotopic (exact) mass is 346 g/mol. The summed E-state index contributed by atoms with van der Waals surface area (Å²) in [6.07, 6.45) is 7.13. The summed E-state index contributed by atoms with van der Waals surface area (Å²) in [7, 11) is 3.89. The molecule has 3 rings (SSSR count). The highest BCUT2D eigenvalue weighted by atomic mass is 16.5. The van der Waals surface area contributed by atoms with E-state index in [1.807, 2.05) is 37.4 Å². The van der Waals surface area contributed by atoms with Gasteiger partial charge in [0, 0.05) is 12.2 Å². The Morgan fingerprint density at radius 2 is 2.12 bits per heavy atom. The van der Waals surface area contributed by atoms with Crippen molar-refractivity contribution < 1.29 is 9.32 Å². The molecule has 2 heterocycles. The normalized spacial score (nSPS) is 16.7. The average molecular weight is 346 g/mol. The molecular formula is C17H26N6O2. The second-order valence-corrected chi connectivity index (χ2v) is 7.29. The van der Waals surface area contributed by atoms with Crippen LogP contribution < -0.4 is 5.32 Å². The molecule has 0 radical (unpaired) electrons. The van der Waals surface area contributed by atoms with E-state index in [2.05, 4.69) is 20.4 Å². The van der Waals surface area contributed by atoms with Crippen LogP contribution in [0.5, 0.6) is 0 Å². The van der Waals surface area contributed by atoms with Gasteiger partial charge in [-0.1, -0.05) is 18.0 Å². The molecule has 0 bridgehead atoms. The maximum Gasteiger partial charge on any atom is 0.272 e. The first-order valence-corrected chi connectivity index (χ1v) is 8.73. The zero-order valence-corrected chi connectivity index (χ0v) is 15.3. The molecule has 1 fully saturated rings. The van der Waals surface area contributed by atoms with Crippen molar-refractivity contribution in [2.24, 2.45) is 0 Å². The van der Waals surface area contributed by atoms with Gasteiger partial charge >= 0.3 is 0 Å². The number of hydrogen-bond acceptors (Lipinski definition) is 6. The van der Waals surface area contributed by atoms with Crippen LogP contribution >= 0.6 is 0 Å². The minimum absolute atomic E-state index is 0.194. The molecule has 25 heavy (non-hydrogen) atoms. The fourth-order valence-electron chi connectivity index (χ4n) is 3.18. The molecular weight excluding hydrogens is 320 g/mol. The van der Waals surface area contributed by atoms with Crippen LogP contribution in [-0.2, 0) is 12.1 Å². The summed E-state index contributed by atoms with van der Waals surface area (Å²) in [4.78, 5) is 23.4. The van der Waals surface area contributed by atoms with E-state index in [0.29, 0.717) is 24.0 Å². The summed E-state index contributed by atoms with van der Waals surface area (Å²) in [5.41, 5.74) is -0.149. The highest BCUT2D eigenvalue weighted by Crippen LogP contribution is 2.37. The third kappa shape index (κ3) is 3.73. The molecule has 0 aliphatic heterocycles. The minimum atomic E-state index is -0.563. The predicted molar refractivity (Wildman–Crippen MR) is 91.9 cm³/mol. The Morgan fingerprint density at radius 1 is 1.40 bits per heavy atom. The van der Waals surface area contributed by atoms with Crippen LogP contribution in [-0.4, -0.2) is 44.6 Å². The van der Waals surface area contributed by atoms with Gasteiger partial charge in [-0.15, -0.1) is 0 Å². The highest BCUT2D eigenvalue weighted by Gasteiger charge is 2.41. The van der Waals surface area contributed by atoms with Gasteiger partial charge in [0.2, 0.25) is 5.89 Å². The smallest absolute Gasteiger partial charge is 0.272 e. The second kappa shape index (κ2) is 6.95. The Kier molecular flexibility index (Phi) is 4.89. The van der Waals surface area contributed by atoms with E-state index in [0.717, 1.165) is 25.7 Å². The fraction of sp³-hybridized carbons (Fsp3) is 0.647. The van der Waals surface area contributed by atoms with Gasteiger partial charge in [0.1, 0.15) is 11.2 Å². The molecule has 1 aliphatic rings. The molecule has 136 valence electrons. The Hall–Kier alpha value is -2.22. The van der Waals surface area contributed by atoms with Gasteiger partial charge in [0.25, 0.3) is 5.91 Å². The van der Waals surface area contributed by atoms with E-state index in [1.165, 1.54) is 0 Å². The second-order valence-electron chi connectivity index (χ2n) is 7.29. The molecule has 0 atom stereocenters. The summed E-state index contributed by atoms with van der Waals surface area (Å²) in [6, 6.07) is 0.264. The predicted octanol–water partition coefficient (Wildman–Crippen LogP) is 2.11. The Balaban J connectivity index is 1.80. The molecule has 2 aromatic heterocycles. The Bertz CT molecular complexity index is 727. The van der Waals surface area contributed by atoms with E-state index < -0.39 is 5.54 Å². The van der Waals surface area contributed by atoms with Crippen molar-refractivity contribution in [1.29, 1.82) is 0 Å². The number of rotatable bonds is 6. The molecule has 0 unspecified atom stereocenters. The first-order valence-electron chi connectivity index (χ1n) is 8.73. The molecule has 1 saturated carbocycles. The minimum Gasteiger partial charge on any atom is -0.338 e. The van der Waals surface area contributed by atoms with Gasteiger partial charge in [-0.25, -0.2) is 4.98 Å². The largest absolute Gasteiger partial charge is 0.338 e. The number of aromatic nitrogens is 4. The maximum atomic E-state index is 12.7. The number of carbonyl (C=O) groups is 1. The van der Waals surface area contributed by atoms with Gasteiger partial charge in [-0.2, -0.15) is 4.98 Å². The lowest BCUT2D eigenvalue weighted by molar-refractivity contribution is 0.0887. The van der Waals surface area contributed by atoms with Gasteiger partial charge in [-0.3, -0.25) is 4.79 Å². The number of amides is 1. The summed E-state index contributed by atoms with van der Waals surface area (Å²) in [6.45, 7) is 4.68. The lowest BCUT2D eigenvalue weighted by Gasteiger charge is -2.26. The fourth-order valence-corrected chi connectivity index (χ4v) is 3.18. The van der Waals surface area contributed by atoms with Crippen molar-refractivity contribution in [2.45, 2.75) is 57.7 Å². The molecule has 1 N–H and O–H groups in total. The SMILES string of the molecule is CC(C)n1cnc(C(=O)NC2(c3noc(CN(C)C)n3)CCCC2)c1. The zero-order valence-electron chi connectivity index (χ0n) is 15.3. The van der Waals surface area contributed by atoms with Gasteiger partial charge in [0.15, 0.2) is 5.82 Å². The molecule has 0 spiro atoms.